The van der Waals surface area contributed by atoms with Crippen LogP contribution in [0.1, 0.15) is 0 Å². The molecule has 0 aliphatic carbocycles. The first-order valence-corrected chi connectivity index (χ1v) is 206. The Kier molecular flexibility index (Phi) is 59.9. The summed E-state index contributed by atoms with van der Waals surface area (Å²) in [5, 5.41) is 0. The van der Waals surface area contributed by atoms with Crippen molar-refractivity contribution in [1.82, 2.24) is 0 Å². The fraction of sp³-hybridized carbons (Fsp3) is 0. The van der Waals surface area contributed by atoms with Crippen LogP contribution in [-0.2, 0) is 0 Å². The van der Waals surface area contributed by atoms with Crippen LogP contribution >= 0.6 is 435 Å². The SMILES string of the molecule is I[I-]I(I)I(I)I(I)I(I)I(I)I(I)I(I)I(I)I(I)I(I)I(I)I(I)I(I)I(I)I(I)I. The first-order valence-electron chi connectivity index (χ1n) is 4.57. The molecule has 33 heteroatoms. The Morgan fingerprint density at radius 2 is 0.455 bits per heavy atom. The molecular weight excluding hydrogens is 4190 g/mol. The normalized spacial score (nSPS) is 18.4. The van der Waals surface area contributed by atoms with Gasteiger partial charge in [0.25, 0.3) is 0 Å². The van der Waals surface area contributed by atoms with E-state index in [-0.39, 0.29) is 7.89 Å². The second-order valence-electron chi connectivity index (χ2n) is 2.48. The third-order valence-electron chi connectivity index (χ3n) is 1.18. The molecule has 33 heavy (non-hydrogen) atoms. The van der Waals surface area contributed by atoms with Gasteiger partial charge in [-0.05, 0) is 0 Å². The monoisotopic (exact) mass is 4190 g/mol. The van der Waals surface area contributed by atoms with Crippen molar-refractivity contribution in [3.8, 4) is 0 Å². The summed E-state index contributed by atoms with van der Waals surface area (Å²) in [6.45, 7) is 0. The minimum atomic E-state index is -0.502. The Hall–Kier alpha value is 24.1. The van der Waals surface area contributed by atoms with E-state index in [1.54, 1.807) is 0 Å². The molecule has 0 aliphatic rings. The van der Waals surface area contributed by atoms with Gasteiger partial charge in [-0.1, -0.05) is 0 Å². The van der Waals surface area contributed by atoms with Crippen LogP contribution in [0.4, 0.5) is 0 Å². The Morgan fingerprint density at radius 3 is 0.636 bits per heavy atom. The van der Waals surface area contributed by atoms with E-state index < -0.39 is 111 Å². The van der Waals surface area contributed by atoms with Gasteiger partial charge in [-0.15, -0.1) is 0 Å². The van der Waals surface area contributed by atoms with Crippen LogP contribution < -0.4 is 13.3 Å². The second kappa shape index (κ2) is 34.7. The van der Waals surface area contributed by atoms with Crippen LogP contribution in [-0.4, -0.2) is 0 Å². The van der Waals surface area contributed by atoms with E-state index >= 15 is 0 Å². The average molecular weight is 4190 g/mol. The standard InChI is InChI=1S/I33/c1-18-20(4)22(6)24(8)26(10)28(12)30(14)32(16)33(17)31(15)29(13)27(11)25(9)23(7)21(5)19(2)3/q-1. The van der Waals surface area contributed by atoms with Crippen molar-refractivity contribution < 1.29 is 13.3 Å². The Bertz CT molecular complexity index is 506. The van der Waals surface area contributed by atoms with Crippen LogP contribution in [0.5, 0.6) is 0 Å². The van der Waals surface area contributed by atoms with E-state index in [1.807, 2.05) is 0 Å². The molecule has 0 aromatic carbocycles. The molecule has 0 atom stereocenters. The molecule has 0 aromatic heterocycles. The van der Waals surface area contributed by atoms with Gasteiger partial charge < -0.3 is 0 Å². The summed E-state index contributed by atoms with van der Waals surface area (Å²) in [7, 11) is -6.96. The zero-order valence-corrected chi connectivity index (χ0v) is 83.7. The minimum absolute atomic E-state index is 0.370. The molecular formula is I33-. The third kappa shape index (κ3) is 24.4. The number of hydrogen-bond donors (Lipinski definition) is 0. The van der Waals surface area contributed by atoms with Gasteiger partial charge in [0.2, 0.25) is 0 Å². The average Bonchev–Trinajstić information content (AvgIpc) is 2.81. The van der Waals surface area contributed by atoms with Gasteiger partial charge in [-0.3, -0.25) is 0 Å². The predicted molar refractivity (Wildman–Crippen MR) is 449 cm³/mol. The topological polar surface area (TPSA) is 0 Å². The van der Waals surface area contributed by atoms with Crippen molar-refractivity contribution >= 4 is 435 Å². The summed E-state index contributed by atoms with van der Waals surface area (Å²) in [5.41, 5.74) is 0. The van der Waals surface area contributed by atoms with Gasteiger partial charge in [0.1, 0.15) is 0 Å². The molecule has 0 aromatic rings. The van der Waals surface area contributed by atoms with E-state index in [0.717, 1.165) is 0 Å². The maximum absolute atomic E-state index is 3.30. The van der Waals surface area contributed by atoms with Crippen LogP contribution in [0, 0.1) is 0 Å². The third-order valence-corrected chi connectivity index (χ3v) is 2400. The fourth-order valence-corrected chi connectivity index (χ4v) is 5660. The molecule has 232 valence electrons. The summed E-state index contributed by atoms with van der Waals surface area (Å²) in [6.07, 6.45) is 0. The Morgan fingerprint density at radius 1 is 0.273 bits per heavy atom. The molecule has 0 rings (SSSR count). The second-order valence-corrected chi connectivity index (χ2v) is 750. The van der Waals surface area contributed by atoms with Gasteiger partial charge in [0, 0.05) is 0 Å². The van der Waals surface area contributed by atoms with E-state index in [1.165, 1.54) is 0 Å². The first-order chi connectivity index (χ1) is 15.0. The van der Waals surface area contributed by atoms with Crippen molar-refractivity contribution in [3.05, 3.63) is 0 Å². The molecule has 0 spiro atoms. The number of rotatable bonds is 15. The zero-order valence-electron chi connectivity index (χ0n) is 12.5. The zero-order chi connectivity index (χ0) is 26.4. The molecule has 0 aliphatic heterocycles. The molecule has 0 fully saturated rings. The molecule has 0 unspecified atom stereocenters. The van der Waals surface area contributed by atoms with E-state index in [2.05, 4.69) is 316 Å². The summed E-state index contributed by atoms with van der Waals surface area (Å²) in [6, 6.07) is 0. The molecule has 0 saturated heterocycles. The van der Waals surface area contributed by atoms with E-state index in [0.29, 0.717) is 13.3 Å². The van der Waals surface area contributed by atoms with Crippen molar-refractivity contribution in [2.45, 2.75) is 0 Å². The van der Waals surface area contributed by atoms with Crippen LogP contribution in [0.25, 0.3) is 0 Å². The van der Waals surface area contributed by atoms with Crippen molar-refractivity contribution in [3.63, 3.8) is 0 Å². The van der Waals surface area contributed by atoms with Crippen molar-refractivity contribution in [2.24, 2.45) is 0 Å². The fourth-order valence-electron chi connectivity index (χ4n) is 0.417. The molecule has 0 radical (unpaired) electrons. The van der Waals surface area contributed by atoms with Gasteiger partial charge >= 0.3 is 448 Å². The molecule has 0 bridgehead atoms. The Labute approximate surface area is 422 Å². The number of hydrogen-bond acceptors (Lipinski definition) is 0. The van der Waals surface area contributed by atoms with Crippen LogP contribution in [0.2, 0.25) is 0 Å². The summed E-state index contributed by atoms with van der Waals surface area (Å²) < 4.78 is 0. The van der Waals surface area contributed by atoms with Crippen LogP contribution in [0.15, 0.2) is 0 Å². The molecule has 0 N–H and O–H groups in total. The molecule has 0 saturated carbocycles. The van der Waals surface area contributed by atoms with Crippen LogP contribution in [0.3, 0.4) is 0 Å². The Balaban J connectivity index is 5.24. The van der Waals surface area contributed by atoms with Gasteiger partial charge in [0.05, 0.1) is 0 Å². The van der Waals surface area contributed by atoms with Gasteiger partial charge in [0.15, 0.2) is 0 Å². The van der Waals surface area contributed by atoms with E-state index in [9.17, 15) is 0 Å². The number of halogens is 33. The molecule has 0 heterocycles. The summed E-state index contributed by atoms with van der Waals surface area (Å²) >= 11 is 54.7. The van der Waals surface area contributed by atoms with Gasteiger partial charge in [-0.2, -0.15) is 0 Å². The summed E-state index contributed by atoms with van der Waals surface area (Å²) in [4.78, 5) is 0. The first kappa shape index (κ1) is 57.1. The molecule has 0 amide bonds. The predicted octanol–water partition coefficient (Wildman–Crippen LogP) is 25.3. The quantitative estimate of drug-likeness (QED) is 0.143. The van der Waals surface area contributed by atoms with Crippen molar-refractivity contribution in [1.29, 1.82) is 0 Å². The van der Waals surface area contributed by atoms with E-state index in [4.69, 9.17) is 0 Å². The van der Waals surface area contributed by atoms with Crippen molar-refractivity contribution in [2.75, 3.05) is 0 Å². The molecule has 0 nitrogen and oxygen atoms in total. The van der Waals surface area contributed by atoms with Gasteiger partial charge in [-0.25, -0.2) is 0 Å². The maximum atomic E-state index is 3.30. The summed E-state index contributed by atoms with van der Waals surface area (Å²) in [5.74, 6) is 0.